The normalized spacial score (nSPS) is 15.7. The van der Waals surface area contributed by atoms with Crippen LogP contribution in [-0.4, -0.2) is 58.9 Å². The van der Waals surface area contributed by atoms with E-state index >= 15 is 0 Å². The molecule has 1 saturated heterocycles. The molecule has 5 rings (SSSR count). The van der Waals surface area contributed by atoms with Gasteiger partial charge in [0.25, 0.3) is 0 Å². The van der Waals surface area contributed by atoms with Crippen molar-refractivity contribution in [3.8, 4) is 0 Å². The van der Waals surface area contributed by atoms with E-state index in [-0.39, 0.29) is 24.0 Å². The van der Waals surface area contributed by atoms with Gasteiger partial charge in [0.2, 0.25) is 0 Å². The Kier molecular flexibility index (Phi) is 8.11. The minimum Gasteiger partial charge on any atom is -1.00 e. The van der Waals surface area contributed by atoms with Crippen LogP contribution in [0.3, 0.4) is 0 Å². The number of Topliss-reactive ketones (excluding diaryl/α,β-unsaturated/α-hetero) is 1. The van der Waals surface area contributed by atoms with E-state index < -0.39 is 0 Å². The first kappa shape index (κ1) is 25.3. The van der Waals surface area contributed by atoms with Crippen LogP contribution in [0.1, 0.15) is 23.3 Å². The zero-order valence-corrected chi connectivity index (χ0v) is 23.3. The van der Waals surface area contributed by atoms with Crippen LogP contribution in [0.25, 0.3) is 0 Å². The number of aryl methyl sites for hydroxylation is 1. The van der Waals surface area contributed by atoms with Gasteiger partial charge in [-0.05, 0) is 63.3 Å². The van der Waals surface area contributed by atoms with E-state index in [1.165, 1.54) is 11.8 Å². The molecule has 3 heterocycles. The zero-order chi connectivity index (χ0) is 22.9. The maximum Gasteiger partial charge on any atom is 0.196 e. The van der Waals surface area contributed by atoms with Crippen molar-refractivity contribution in [1.82, 2.24) is 19.9 Å². The first-order valence-electron chi connectivity index (χ1n) is 11.2. The molecule has 1 aliphatic carbocycles. The summed E-state index contributed by atoms with van der Waals surface area (Å²) >= 11 is 3.14. The molecular formula is C24H28IN6OS2-. The van der Waals surface area contributed by atoms with Gasteiger partial charge in [-0.1, -0.05) is 12.1 Å². The Labute approximate surface area is 225 Å². The smallest absolute Gasteiger partial charge is 0.196 e. The second kappa shape index (κ2) is 10.9. The number of carbonyl (C=O) groups excluding carboxylic acids is 1. The van der Waals surface area contributed by atoms with Crippen LogP contribution < -0.4 is 34.2 Å². The molecule has 7 nitrogen and oxygen atoms in total. The molecule has 2 fully saturated rings. The summed E-state index contributed by atoms with van der Waals surface area (Å²) in [5.74, 6) is 2.34. The maximum atomic E-state index is 12.1. The predicted octanol–water partition coefficient (Wildman–Crippen LogP) is 1.41. The quantitative estimate of drug-likeness (QED) is 0.290. The number of nitrogens with one attached hydrogen (secondary N) is 1. The number of likely N-dealkylation sites (N-methyl/N-ethyl adjacent to an activating group) is 1. The van der Waals surface area contributed by atoms with Crippen LogP contribution in [0.2, 0.25) is 0 Å². The number of nitrogens with zero attached hydrogens (tertiary/aromatic N) is 5. The molecule has 1 aliphatic heterocycles. The maximum absolute atomic E-state index is 12.1. The predicted molar refractivity (Wildman–Crippen MR) is 134 cm³/mol. The van der Waals surface area contributed by atoms with Crippen molar-refractivity contribution in [3.63, 3.8) is 0 Å². The van der Waals surface area contributed by atoms with Gasteiger partial charge in [-0.25, -0.2) is 15.0 Å². The van der Waals surface area contributed by atoms with Crippen LogP contribution in [-0.2, 0) is 11.2 Å². The van der Waals surface area contributed by atoms with Gasteiger partial charge in [0.15, 0.2) is 10.3 Å². The monoisotopic (exact) mass is 607 g/mol. The number of aromatic nitrogens is 3. The second-order valence-electron chi connectivity index (χ2n) is 8.98. The van der Waals surface area contributed by atoms with Gasteiger partial charge in [-0.15, -0.1) is 11.3 Å². The molecule has 0 spiro atoms. The second-order valence-corrected chi connectivity index (χ2v) is 11.3. The summed E-state index contributed by atoms with van der Waals surface area (Å²) in [7, 11) is 4.23. The molecule has 180 valence electrons. The van der Waals surface area contributed by atoms with Crippen LogP contribution in [0.15, 0.2) is 46.6 Å². The average Bonchev–Trinajstić information content (AvgIpc) is 3.51. The van der Waals surface area contributed by atoms with Gasteiger partial charge >= 0.3 is 0 Å². The Morgan fingerprint density at radius 3 is 2.56 bits per heavy atom. The van der Waals surface area contributed by atoms with Gasteiger partial charge in [-0.2, -0.15) is 0 Å². The number of halogens is 1. The molecule has 0 bridgehead atoms. The van der Waals surface area contributed by atoms with E-state index in [0.29, 0.717) is 29.3 Å². The Morgan fingerprint density at radius 2 is 1.94 bits per heavy atom. The lowest BCUT2D eigenvalue weighted by atomic mass is 10.1. The van der Waals surface area contributed by atoms with Crippen molar-refractivity contribution >= 4 is 45.6 Å². The highest BCUT2D eigenvalue weighted by Crippen LogP contribution is 2.33. The van der Waals surface area contributed by atoms with Crippen molar-refractivity contribution in [2.24, 2.45) is 5.92 Å². The summed E-state index contributed by atoms with van der Waals surface area (Å²) in [5, 5.41) is 4.86. The molecule has 3 aromatic rings. The summed E-state index contributed by atoms with van der Waals surface area (Å²) in [6, 6.07) is 10.7. The lowest BCUT2D eigenvalue weighted by Crippen LogP contribution is -3.00. The van der Waals surface area contributed by atoms with E-state index in [1.807, 2.05) is 31.3 Å². The van der Waals surface area contributed by atoms with Crippen molar-refractivity contribution in [2.45, 2.75) is 42.3 Å². The van der Waals surface area contributed by atoms with Crippen molar-refractivity contribution in [3.05, 3.63) is 47.0 Å². The van der Waals surface area contributed by atoms with Crippen LogP contribution >= 0.6 is 23.1 Å². The van der Waals surface area contributed by atoms with Crippen molar-refractivity contribution < 1.29 is 28.8 Å². The van der Waals surface area contributed by atoms with Crippen LogP contribution in [0.4, 0.5) is 16.8 Å². The fourth-order valence-electron chi connectivity index (χ4n) is 3.71. The van der Waals surface area contributed by atoms with Crippen molar-refractivity contribution in [2.75, 3.05) is 37.4 Å². The highest BCUT2D eigenvalue weighted by atomic mass is 127. The highest BCUT2D eigenvalue weighted by molar-refractivity contribution is 7.99. The summed E-state index contributed by atoms with van der Waals surface area (Å²) in [6.45, 7) is 3.94. The van der Waals surface area contributed by atoms with Crippen molar-refractivity contribution in [1.29, 1.82) is 0 Å². The molecule has 1 saturated carbocycles. The van der Waals surface area contributed by atoms with E-state index in [4.69, 9.17) is 9.97 Å². The molecule has 34 heavy (non-hydrogen) atoms. The average molecular weight is 608 g/mol. The third kappa shape index (κ3) is 6.27. The lowest BCUT2D eigenvalue weighted by Gasteiger charge is -2.43. The number of carbonyl (C=O) groups is 1. The molecule has 0 unspecified atom stereocenters. The molecular weight excluding hydrogens is 579 g/mol. The molecule has 0 atom stereocenters. The Morgan fingerprint density at radius 1 is 1.21 bits per heavy atom. The molecule has 0 radical (unpaired) electrons. The van der Waals surface area contributed by atoms with Gasteiger partial charge in [0.1, 0.15) is 17.4 Å². The van der Waals surface area contributed by atoms with Gasteiger partial charge in [0, 0.05) is 53.5 Å². The zero-order valence-electron chi connectivity index (χ0n) is 19.5. The summed E-state index contributed by atoms with van der Waals surface area (Å²) in [4.78, 5) is 32.8. The number of thiazole rings is 1. The lowest BCUT2D eigenvalue weighted by molar-refractivity contribution is -0.119. The third-order valence-corrected chi connectivity index (χ3v) is 7.71. The van der Waals surface area contributed by atoms with Crippen LogP contribution in [0, 0.1) is 12.8 Å². The van der Waals surface area contributed by atoms with Gasteiger partial charge in [0.05, 0.1) is 0 Å². The molecule has 2 aromatic heterocycles. The number of benzene rings is 1. The summed E-state index contributed by atoms with van der Waals surface area (Å²) < 4.78 is 0. The first-order valence-corrected chi connectivity index (χ1v) is 12.9. The number of ketones is 1. The first-order chi connectivity index (χ1) is 15.9. The number of rotatable bonds is 9. The van der Waals surface area contributed by atoms with Gasteiger partial charge < -0.3 is 39.1 Å². The minimum atomic E-state index is 0. The summed E-state index contributed by atoms with van der Waals surface area (Å²) in [6.07, 6.45) is 4.51. The Bertz CT molecular complexity index is 1140. The van der Waals surface area contributed by atoms with E-state index in [1.54, 1.807) is 11.3 Å². The van der Waals surface area contributed by atoms with E-state index in [9.17, 15) is 4.79 Å². The van der Waals surface area contributed by atoms with Crippen LogP contribution in [0.5, 0.6) is 0 Å². The molecule has 10 heteroatoms. The van der Waals surface area contributed by atoms with E-state index in [0.717, 1.165) is 58.0 Å². The SMILES string of the molecule is Cc1cnc(Nc2cc(N3CC(N(C)C)C3)nc(Sc3ccc(CC(=O)C4CC4)cc3)n2)s1.[I-]. The fraction of sp³-hybridized carbons (Fsp3) is 0.417. The Hall–Kier alpha value is -1.76. The highest BCUT2D eigenvalue weighted by Gasteiger charge is 2.30. The Balaban J connectivity index is 0.00000274. The molecule has 0 amide bonds. The van der Waals surface area contributed by atoms with E-state index in [2.05, 4.69) is 46.3 Å². The topological polar surface area (TPSA) is 74.2 Å². The minimum absolute atomic E-state index is 0. The fourth-order valence-corrected chi connectivity index (χ4v) is 5.14. The van der Waals surface area contributed by atoms with Gasteiger partial charge in [-0.3, -0.25) is 4.79 Å². The third-order valence-electron chi connectivity index (χ3n) is 6.01. The summed E-state index contributed by atoms with van der Waals surface area (Å²) in [5.41, 5.74) is 1.07. The largest absolute Gasteiger partial charge is 1.00 e. The standard InChI is InChI=1S/C24H28N6OS2.HI/c1-15-12-25-23(32-15)26-21-11-22(30-13-18(14-30)29(2)3)28-24(27-21)33-19-8-4-16(5-9-19)10-20(31)17-6-7-17;/h4-5,8-9,11-12,17-18H,6-7,10,13-14H2,1-3H3,(H,25,26,27,28);1H/p-1. The number of hydrogen-bond donors (Lipinski definition) is 1. The molecule has 2 aliphatic rings. The molecule has 1 N–H and O–H groups in total. The number of anilines is 3. The number of hydrogen-bond acceptors (Lipinski definition) is 9. The molecule has 1 aromatic carbocycles.